The van der Waals surface area contributed by atoms with Gasteiger partial charge in [0.15, 0.2) is 24.6 Å². The lowest BCUT2D eigenvalue weighted by Gasteiger charge is -2.40. The van der Waals surface area contributed by atoms with E-state index in [2.05, 4.69) is 57.2 Å². The highest BCUT2D eigenvalue weighted by Crippen LogP contribution is 2.26. The number of aliphatic hydroxyl groups is 2. The quantitative estimate of drug-likeness (QED) is 0.0228. The first-order valence-corrected chi connectivity index (χ1v) is 30.0. The number of carboxylic acids is 1. The number of allylic oxidation sites excluding steroid dienone is 6. The van der Waals surface area contributed by atoms with Crippen molar-refractivity contribution in [3.8, 4) is 0 Å². The van der Waals surface area contributed by atoms with Crippen LogP contribution in [-0.4, -0.2) is 89.2 Å². The molecule has 1 rings (SSSR count). The molecular weight excluding hydrogens is 925 g/mol. The van der Waals surface area contributed by atoms with Crippen LogP contribution in [0.3, 0.4) is 0 Å². The Balaban J connectivity index is 2.69. The van der Waals surface area contributed by atoms with Gasteiger partial charge in [0.2, 0.25) is 0 Å². The van der Waals surface area contributed by atoms with Crippen LogP contribution in [0, 0.1) is 0 Å². The summed E-state index contributed by atoms with van der Waals surface area (Å²) in [6.45, 7) is 5.92. The molecule has 0 radical (unpaired) electrons. The molecule has 3 N–H and O–H groups in total. The van der Waals surface area contributed by atoms with Gasteiger partial charge in [0.05, 0.1) is 6.61 Å². The van der Waals surface area contributed by atoms with E-state index < -0.39 is 67.3 Å². The first kappa shape index (κ1) is 68.0. The molecule has 0 aromatic rings. The third-order valence-corrected chi connectivity index (χ3v) is 13.7. The molecule has 12 heteroatoms. The number of carbonyl (C=O) groups is 4. The smallest absolute Gasteiger partial charge is 0.335 e. The van der Waals surface area contributed by atoms with Gasteiger partial charge in [0.1, 0.15) is 18.8 Å². The van der Waals surface area contributed by atoms with E-state index in [0.717, 1.165) is 116 Å². The standard InChI is InChI=1S/C61H108O12/c1-4-7-10-13-16-19-22-25-27-30-32-35-38-41-44-47-53(62)69-50-52(71-54(63)48-45-42-39-36-33-29-24-21-18-15-12-9-6-3)51-70-61-59(57(66)56(65)58(73-61)60(67)68)72-55(64)49-46-43-40-37-34-31-28-26-23-20-17-14-11-8-5-2/h12,15,21,24-25,27,52,56-59,61,65-66H,4-11,13-14,16-20,22-23,26,28-51H2,1-3H3,(H,67,68)/b15-12-,24-21-,27-25-. The van der Waals surface area contributed by atoms with E-state index in [9.17, 15) is 34.5 Å². The van der Waals surface area contributed by atoms with Gasteiger partial charge in [0, 0.05) is 19.3 Å². The van der Waals surface area contributed by atoms with Gasteiger partial charge in [0.25, 0.3) is 0 Å². The van der Waals surface area contributed by atoms with Crippen molar-refractivity contribution < 1.29 is 58.2 Å². The predicted octanol–water partition coefficient (Wildman–Crippen LogP) is 15.2. The number of carbonyl (C=O) groups excluding carboxylic acids is 3. The molecule has 0 aromatic heterocycles. The van der Waals surface area contributed by atoms with E-state index in [1.54, 1.807) is 0 Å². The fourth-order valence-corrected chi connectivity index (χ4v) is 9.05. The zero-order valence-corrected chi connectivity index (χ0v) is 46.6. The minimum atomic E-state index is -1.90. The molecule has 12 nitrogen and oxygen atoms in total. The van der Waals surface area contributed by atoms with E-state index in [4.69, 9.17) is 23.7 Å². The number of esters is 3. The third-order valence-electron chi connectivity index (χ3n) is 13.7. The van der Waals surface area contributed by atoms with Gasteiger partial charge >= 0.3 is 23.9 Å². The Morgan fingerprint density at radius 3 is 1.30 bits per heavy atom. The Kier molecular flexibility index (Phi) is 46.4. The van der Waals surface area contributed by atoms with E-state index in [0.29, 0.717) is 19.3 Å². The largest absolute Gasteiger partial charge is 0.479 e. The van der Waals surface area contributed by atoms with Gasteiger partial charge < -0.3 is 39.0 Å². The van der Waals surface area contributed by atoms with Crippen LogP contribution in [0.1, 0.15) is 278 Å². The fraction of sp³-hybridized carbons (Fsp3) is 0.836. The molecule has 0 amide bonds. The second kappa shape index (κ2) is 49.8. The average Bonchev–Trinajstić information content (AvgIpc) is 3.37. The monoisotopic (exact) mass is 1030 g/mol. The topological polar surface area (TPSA) is 175 Å². The molecule has 6 atom stereocenters. The summed E-state index contributed by atoms with van der Waals surface area (Å²) in [5.74, 6) is -3.13. The minimum Gasteiger partial charge on any atom is -0.479 e. The fourth-order valence-electron chi connectivity index (χ4n) is 9.05. The summed E-state index contributed by atoms with van der Waals surface area (Å²) in [7, 11) is 0. The molecule has 0 aromatic carbocycles. The van der Waals surface area contributed by atoms with Crippen LogP contribution < -0.4 is 0 Å². The zero-order valence-electron chi connectivity index (χ0n) is 46.6. The SMILES string of the molecule is CCC/C=C\C/C=C\CCCCCCCC(=O)OC(COC(=O)CCCCCCC/C=C\CCCCCCCC)COC1OC(C(=O)O)C(O)C(O)C1OC(=O)CCCCCCCCCCCCCCCCC. The molecule has 0 saturated carbocycles. The van der Waals surface area contributed by atoms with Crippen molar-refractivity contribution in [3.63, 3.8) is 0 Å². The Labute approximate surface area is 444 Å². The molecule has 1 aliphatic heterocycles. The van der Waals surface area contributed by atoms with Crippen LogP contribution in [0.2, 0.25) is 0 Å². The minimum absolute atomic E-state index is 0.0631. The molecule has 0 spiro atoms. The Morgan fingerprint density at radius 2 is 0.849 bits per heavy atom. The van der Waals surface area contributed by atoms with Crippen molar-refractivity contribution in [2.75, 3.05) is 13.2 Å². The average molecular weight is 1030 g/mol. The van der Waals surface area contributed by atoms with Gasteiger partial charge in [-0.05, 0) is 70.6 Å². The summed E-state index contributed by atoms with van der Waals surface area (Å²) in [5, 5.41) is 31.5. The number of aliphatic hydroxyl groups excluding tert-OH is 2. The van der Waals surface area contributed by atoms with Gasteiger partial charge in [-0.3, -0.25) is 14.4 Å². The maximum atomic E-state index is 13.1. The first-order chi connectivity index (χ1) is 35.6. The maximum absolute atomic E-state index is 13.1. The second-order valence-electron chi connectivity index (χ2n) is 20.6. The van der Waals surface area contributed by atoms with Crippen molar-refractivity contribution in [1.82, 2.24) is 0 Å². The number of ether oxygens (including phenoxy) is 5. The van der Waals surface area contributed by atoms with Crippen LogP contribution in [0.15, 0.2) is 36.5 Å². The first-order valence-electron chi connectivity index (χ1n) is 30.0. The van der Waals surface area contributed by atoms with Crippen LogP contribution in [0.5, 0.6) is 0 Å². The number of aliphatic carboxylic acids is 1. The Morgan fingerprint density at radius 1 is 0.452 bits per heavy atom. The molecule has 0 aliphatic carbocycles. The van der Waals surface area contributed by atoms with Gasteiger partial charge in [-0.15, -0.1) is 0 Å². The van der Waals surface area contributed by atoms with Gasteiger partial charge in [-0.25, -0.2) is 4.79 Å². The molecule has 1 aliphatic rings. The van der Waals surface area contributed by atoms with Gasteiger partial charge in [-0.1, -0.05) is 224 Å². The Hall–Kier alpha value is -3.06. The Bertz CT molecular complexity index is 1410. The number of unbranched alkanes of at least 4 members (excludes halogenated alkanes) is 31. The molecule has 424 valence electrons. The van der Waals surface area contributed by atoms with Crippen LogP contribution in [-0.2, 0) is 42.9 Å². The summed E-state index contributed by atoms with van der Waals surface area (Å²) in [5.41, 5.74) is 0. The van der Waals surface area contributed by atoms with Crippen LogP contribution >= 0.6 is 0 Å². The number of hydrogen-bond acceptors (Lipinski definition) is 11. The van der Waals surface area contributed by atoms with E-state index in [-0.39, 0.29) is 25.9 Å². The van der Waals surface area contributed by atoms with E-state index in [1.807, 2.05) is 0 Å². The molecule has 1 fully saturated rings. The van der Waals surface area contributed by atoms with Crippen molar-refractivity contribution in [2.45, 2.75) is 314 Å². The maximum Gasteiger partial charge on any atom is 0.335 e. The van der Waals surface area contributed by atoms with E-state index >= 15 is 0 Å². The van der Waals surface area contributed by atoms with Crippen LogP contribution in [0.25, 0.3) is 0 Å². The van der Waals surface area contributed by atoms with Gasteiger partial charge in [-0.2, -0.15) is 0 Å². The molecular formula is C61H108O12. The highest BCUT2D eigenvalue weighted by Gasteiger charge is 2.50. The van der Waals surface area contributed by atoms with Crippen molar-refractivity contribution >= 4 is 23.9 Å². The molecule has 6 unspecified atom stereocenters. The van der Waals surface area contributed by atoms with E-state index in [1.165, 1.54) is 103 Å². The molecule has 73 heavy (non-hydrogen) atoms. The lowest BCUT2D eigenvalue weighted by molar-refractivity contribution is -0.301. The summed E-state index contributed by atoms with van der Waals surface area (Å²) in [6.07, 6.45) is 45.4. The molecule has 1 heterocycles. The zero-order chi connectivity index (χ0) is 53.3. The third kappa shape index (κ3) is 39.9. The normalized spacial score (nSPS) is 18.5. The van der Waals surface area contributed by atoms with Crippen molar-refractivity contribution in [1.29, 1.82) is 0 Å². The highest BCUT2D eigenvalue weighted by atomic mass is 16.7. The number of carboxylic acid groups (broad SMARTS) is 1. The predicted molar refractivity (Wildman–Crippen MR) is 294 cm³/mol. The second-order valence-corrected chi connectivity index (χ2v) is 20.6. The van der Waals surface area contributed by atoms with Crippen molar-refractivity contribution in [2.24, 2.45) is 0 Å². The molecule has 0 bridgehead atoms. The van der Waals surface area contributed by atoms with Crippen molar-refractivity contribution in [3.05, 3.63) is 36.5 Å². The summed E-state index contributed by atoms with van der Waals surface area (Å²) in [6, 6.07) is 0. The number of hydrogen-bond donors (Lipinski definition) is 3. The lowest BCUT2D eigenvalue weighted by Crippen LogP contribution is -2.61. The summed E-state index contributed by atoms with van der Waals surface area (Å²) >= 11 is 0. The highest BCUT2D eigenvalue weighted by molar-refractivity contribution is 5.74. The summed E-state index contributed by atoms with van der Waals surface area (Å²) < 4.78 is 28.4. The molecule has 1 saturated heterocycles. The summed E-state index contributed by atoms with van der Waals surface area (Å²) in [4.78, 5) is 51.1. The number of rotatable bonds is 51. The lowest BCUT2D eigenvalue weighted by atomic mass is 9.98. The van der Waals surface area contributed by atoms with Crippen LogP contribution in [0.4, 0.5) is 0 Å².